The quantitative estimate of drug-likeness (QED) is 0.444. The summed E-state index contributed by atoms with van der Waals surface area (Å²) in [6.07, 6.45) is 1.55. The summed E-state index contributed by atoms with van der Waals surface area (Å²) >= 11 is 1.65. The smallest absolute Gasteiger partial charge is 0.253 e. The van der Waals surface area contributed by atoms with E-state index >= 15 is 0 Å². The van der Waals surface area contributed by atoms with Crippen LogP contribution in [0.25, 0.3) is 0 Å². The maximum Gasteiger partial charge on any atom is 0.253 e. The minimum Gasteiger partial charge on any atom is -0.508 e. The van der Waals surface area contributed by atoms with E-state index in [9.17, 15) is 14.7 Å². The molecule has 0 radical (unpaired) electrons. The number of anilines is 2. The molecule has 154 valence electrons. The number of hydrogen-bond donors (Lipinski definition) is 3. The van der Waals surface area contributed by atoms with Crippen LogP contribution < -0.4 is 21.5 Å². The molecule has 2 aromatic carbocycles. The van der Waals surface area contributed by atoms with Gasteiger partial charge in [0.1, 0.15) is 17.1 Å². The van der Waals surface area contributed by atoms with Gasteiger partial charge in [-0.25, -0.2) is 0 Å². The molecular weight excluding hydrogens is 386 g/mol. The lowest BCUT2D eigenvalue weighted by molar-refractivity contribution is 0.303. The molecule has 1 heterocycles. The number of likely N-dealkylation sites (N-methyl/N-ethyl adjacent to an activating group) is 1. The molecule has 0 unspecified atom stereocenters. The highest BCUT2D eigenvalue weighted by molar-refractivity contribution is 7.07. The van der Waals surface area contributed by atoms with Crippen LogP contribution in [-0.4, -0.2) is 42.7 Å². The monoisotopic (exact) mass is 413 g/mol. The standard InChI is InChI=1S/C22H27N3O3S/c1-14(10-16-8-9-29-13-16)24-20-19(21(27)22(20)28)23-12-17(25(2)3)11-15-4-6-18(26)7-5-15/h4-9,13-14,17,23-24,26H,10-12H2,1-3H3/t14-,17-/m1/s1. The second-order valence-corrected chi connectivity index (χ2v) is 8.44. The zero-order valence-corrected chi connectivity index (χ0v) is 17.8. The fourth-order valence-electron chi connectivity index (χ4n) is 3.32. The first-order valence-electron chi connectivity index (χ1n) is 9.64. The Morgan fingerprint density at radius 3 is 2.31 bits per heavy atom. The van der Waals surface area contributed by atoms with Crippen LogP contribution in [0.5, 0.6) is 5.75 Å². The van der Waals surface area contributed by atoms with E-state index in [4.69, 9.17) is 0 Å². The number of nitrogens with one attached hydrogen (secondary N) is 2. The van der Waals surface area contributed by atoms with Crippen molar-refractivity contribution >= 4 is 22.7 Å². The minimum atomic E-state index is -0.461. The number of hydrogen-bond acceptors (Lipinski definition) is 7. The lowest BCUT2D eigenvalue weighted by Crippen LogP contribution is -2.43. The van der Waals surface area contributed by atoms with Crippen LogP contribution in [0.1, 0.15) is 18.1 Å². The molecule has 0 spiro atoms. The van der Waals surface area contributed by atoms with Crippen LogP contribution in [0.15, 0.2) is 50.7 Å². The van der Waals surface area contributed by atoms with Crippen molar-refractivity contribution in [1.82, 2.24) is 4.90 Å². The largest absolute Gasteiger partial charge is 0.508 e. The van der Waals surface area contributed by atoms with Crippen LogP contribution in [0.2, 0.25) is 0 Å². The Bertz CT molecular complexity index is 990. The van der Waals surface area contributed by atoms with Gasteiger partial charge in [0.2, 0.25) is 0 Å². The zero-order valence-electron chi connectivity index (χ0n) is 16.9. The van der Waals surface area contributed by atoms with Gasteiger partial charge >= 0.3 is 0 Å². The van der Waals surface area contributed by atoms with Crippen molar-refractivity contribution in [3.63, 3.8) is 0 Å². The van der Waals surface area contributed by atoms with Crippen LogP contribution in [-0.2, 0) is 12.8 Å². The molecule has 7 heteroatoms. The number of thiophene rings is 1. The molecule has 0 bridgehead atoms. The van der Waals surface area contributed by atoms with E-state index in [1.165, 1.54) is 5.56 Å². The molecule has 3 N–H and O–H groups in total. The van der Waals surface area contributed by atoms with Crippen LogP contribution in [0.3, 0.4) is 0 Å². The molecular formula is C22H27N3O3S. The Morgan fingerprint density at radius 1 is 1.00 bits per heavy atom. The van der Waals surface area contributed by atoms with E-state index in [0.29, 0.717) is 17.9 Å². The molecule has 0 saturated carbocycles. The summed E-state index contributed by atoms with van der Waals surface area (Å²) in [5.74, 6) is 0.240. The van der Waals surface area contributed by atoms with Gasteiger partial charge in [0.15, 0.2) is 0 Å². The number of phenolic OH excluding ortho intramolecular Hbond substituents is 1. The molecule has 0 aliphatic heterocycles. The predicted octanol–water partition coefficient (Wildman–Crippen LogP) is 2.68. The topological polar surface area (TPSA) is 81.7 Å². The first kappa shape index (κ1) is 21.1. The maximum absolute atomic E-state index is 12.1. The molecule has 0 aliphatic rings. The fraction of sp³-hybridized carbons (Fsp3) is 0.364. The normalized spacial score (nSPS) is 13.5. The van der Waals surface area contributed by atoms with Gasteiger partial charge in [-0.3, -0.25) is 9.59 Å². The van der Waals surface area contributed by atoms with E-state index in [0.717, 1.165) is 18.4 Å². The zero-order chi connectivity index (χ0) is 21.0. The van der Waals surface area contributed by atoms with Gasteiger partial charge in [0.05, 0.1) is 0 Å². The maximum atomic E-state index is 12.1. The summed E-state index contributed by atoms with van der Waals surface area (Å²) in [6.45, 7) is 2.54. The second-order valence-electron chi connectivity index (χ2n) is 7.66. The first-order chi connectivity index (χ1) is 13.8. The van der Waals surface area contributed by atoms with Crippen molar-refractivity contribution < 1.29 is 5.11 Å². The van der Waals surface area contributed by atoms with E-state index in [1.54, 1.807) is 23.5 Å². The third-order valence-corrected chi connectivity index (χ3v) is 5.81. The molecule has 2 atom stereocenters. The van der Waals surface area contributed by atoms with Gasteiger partial charge in [-0.1, -0.05) is 12.1 Å². The summed E-state index contributed by atoms with van der Waals surface area (Å²) in [5.41, 5.74) is 2.16. The Hall–Kier alpha value is -2.64. The number of benzene rings is 1. The average Bonchev–Trinajstić information content (AvgIpc) is 3.20. The molecule has 0 amide bonds. The highest BCUT2D eigenvalue weighted by Gasteiger charge is 2.23. The van der Waals surface area contributed by atoms with Crippen LogP contribution in [0, 0.1) is 0 Å². The Balaban J connectivity index is 1.63. The summed E-state index contributed by atoms with van der Waals surface area (Å²) in [7, 11) is 3.97. The molecule has 29 heavy (non-hydrogen) atoms. The van der Waals surface area contributed by atoms with Crippen molar-refractivity contribution in [2.45, 2.75) is 31.8 Å². The Kier molecular flexibility index (Phi) is 6.71. The lowest BCUT2D eigenvalue weighted by atomic mass is 10.0. The van der Waals surface area contributed by atoms with E-state index in [-0.39, 0.29) is 17.8 Å². The summed E-state index contributed by atoms with van der Waals surface area (Å²) in [4.78, 5) is 26.2. The van der Waals surface area contributed by atoms with Gasteiger partial charge in [0, 0.05) is 18.6 Å². The van der Waals surface area contributed by atoms with Gasteiger partial charge in [-0.15, -0.1) is 0 Å². The highest BCUT2D eigenvalue weighted by Crippen LogP contribution is 2.19. The number of rotatable bonds is 10. The number of phenols is 1. The molecule has 3 rings (SSSR count). The van der Waals surface area contributed by atoms with Gasteiger partial charge in [0.25, 0.3) is 10.9 Å². The summed E-state index contributed by atoms with van der Waals surface area (Å²) < 4.78 is 0. The molecule has 0 fully saturated rings. The van der Waals surface area contributed by atoms with Gasteiger partial charge < -0.3 is 20.6 Å². The van der Waals surface area contributed by atoms with E-state index in [1.807, 2.05) is 38.5 Å². The number of aromatic hydroxyl groups is 1. The van der Waals surface area contributed by atoms with Gasteiger partial charge in [-0.05, 0) is 73.9 Å². The van der Waals surface area contributed by atoms with E-state index in [2.05, 4.69) is 27.0 Å². The van der Waals surface area contributed by atoms with E-state index < -0.39 is 10.9 Å². The van der Waals surface area contributed by atoms with Crippen molar-refractivity contribution in [3.05, 3.63) is 72.7 Å². The Labute approximate surface area is 174 Å². The lowest BCUT2D eigenvalue weighted by Gasteiger charge is -2.26. The molecule has 3 aromatic rings. The SMILES string of the molecule is C[C@H](Cc1ccsc1)Nc1c(NC[C@@H](Cc2ccc(O)cc2)N(C)C)c(=O)c1=O. The van der Waals surface area contributed by atoms with Crippen LogP contribution >= 0.6 is 11.3 Å². The Morgan fingerprint density at radius 2 is 1.69 bits per heavy atom. The van der Waals surface area contributed by atoms with Crippen molar-refractivity contribution in [2.24, 2.45) is 0 Å². The average molecular weight is 414 g/mol. The van der Waals surface area contributed by atoms with Crippen molar-refractivity contribution in [2.75, 3.05) is 31.3 Å². The first-order valence-corrected chi connectivity index (χ1v) is 10.6. The number of nitrogens with zero attached hydrogens (tertiary/aromatic N) is 1. The van der Waals surface area contributed by atoms with Crippen molar-refractivity contribution in [3.8, 4) is 5.75 Å². The molecule has 1 aromatic heterocycles. The van der Waals surface area contributed by atoms with Crippen molar-refractivity contribution in [1.29, 1.82) is 0 Å². The predicted molar refractivity (Wildman–Crippen MR) is 120 cm³/mol. The third-order valence-electron chi connectivity index (χ3n) is 5.08. The third kappa shape index (κ3) is 5.25. The molecule has 0 saturated heterocycles. The minimum absolute atomic E-state index is 0.0510. The fourth-order valence-corrected chi connectivity index (χ4v) is 4.00. The second kappa shape index (κ2) is 9.24. The van der Waals surface area contributed by atoms with Crippen LogP contribution in [0.4, 0.5) is 11.4 Å². The highest BCUT2D eigenvalue weighted by atomic mass is 32.1. The molecule has 0 aliphatic carbocycles. The molecule has 6 nitrogen and oxygen atoms in total. The summed E-state index contributed by atoms with van der Waals surface area (Å²) in [6, 6.07) is 9.36. The summed E-state index contributed by atoms with van der Waals surface area (Å²) in [5, 5.41) is 20.0. The van der Waals surface area contributed by atoms with Gasteiger partial charge in [-0.2, -0.15) is 11.3 Å².